The van der Waals surface area contributed by atoms with Crippen molar-refractivity contribution in [2.24, 2.45) is 0 Å². The van der Waals surface area contributed by atoms with Gasteiger partial charge >= 0.3 is 0 Å². The Morgan fingerprint density at radius 2 is 1.64 bits per heavy atom. The molecule has 3 rings (SSSR count). The van der Waals surface area contributed by atoms with Gasteiger partial charge in [0.2, 0.25) is 15.9 Å². The van der Waals surface area contributed by atoms with Crippen LogP contribution in [0.25, 0.3) is 0 Å². The SMILES string of the molecule is O=C(CC(NS(=O)(=O)c1ccc(Br)cc1)c1ccccc1)Nc1ccccn1. The molecule has 0 spiro atoms. The Morgan fingerprint density at radius 3 is 2.29 bits per heavy atom. The summed E-state index contributed by atoms with van der Waals surface area (Å²) in [6, 6.07) is 19.7. The van der Waals surface area contributed by atoms with Gasteiger partial charge in [-0.1, -0.05) is 52.3 Å². The van der Waals surface area contributed by atoms with Crippen LogP contribution in [-0.4, -0.2) is 19.3 Å². The Kier molecular flexibility index (Phi) is 6.56. The number of anilines is 1. The molecule has 1 heterocycles. The van der Waals surface area contributed by atoms with Crippen molar-refractivity contribution in [2.75, 3.05) is 5.32 Å². The van der Waals surface area contributed by atoms with Crippen molar-refractivity contribution in [3.8, 4) is 0 Å². The standard InChI is InChI=1S/C20H18BrN3O3S/c21-16-9-11-17(12-10-16)28(26,27)24-18(15-6-2-1-3-7-15)14-20(25)23-19-8-4-5-13-22-19/h1-13,18,24H,14H2,(H,22,23,25). The second kappa shape index (κ2) is 9.09. The van der Waals surface area contributed by atoms with E-state index in [1.165, 1.54) is 12.1 Å². The van der Waals surface area contributed by atoms with E-state index in [-0.39, 0.29) is 17.2 Å². The van der Waals surface area contributed by atoms with Crippen LogP contribution < -0.4 is 10.0 Å². The summed E-state index contributed by atoms with van der Waals surface area (Å²) in [5.41, 5.74) is 0.694. The zero-order valence-corrected chi connectivity index (χ0v) is 17.2. The quantitative estimate of drug-likeness (QED) is 0.560. The summed E-state index contributed by atoms with van der Waals surface area (Å²) in [6.45, 7) is 0. The molecule has 0 saturated carbocycles. The average Bonchev–Trinajstić information content (AvgIpc) is 2.69. The van der Waals surface area contributed by atoms with Crippen LogP contribution in [0.1, 0.15) is 18.0 Å². The molecule has 0 fully saturated rings. The van der Waals surface area contributed by atoms with Crippen molar-refractivity contribution in [1.29, 1.82) is 0 Å². The molecule has 0 bridgehead atoms. The van der Waals surface area contributed by atoms with Gasteiger partial charge in [-0.3, -0.25) is 4.79 Å². The molecular formula is C20H18BrN3O3S. The van der Waals surface area contributed by atoms with Crippen LogP contribution >= 0.6 is 15.9 Å². The maximum absolute atomic E-state index is 12.8. The molecule has 0 aliphatic carbocycles. The van der Waals surface area contributed by atoms with E-state index in [1.54, 1.807) is 60.8 Å². The van der Waals surface area contributed by atoms with Gasteiger partial charge in [-0.05, 0) is 42.0 Å². The third kappa shape index (κ3) is 5.48. The molecule has 0 aliphatic rings. The number of amides is 1. The molecule has 1 atom stereocenters. The fraction of sp³-hybridized carbons (Fsp3) is 0.100. The van der Waals surface area contributed by atoms with Crippen LogP contribution in [0.3, 0.4) is 0 Å². The lowest BCUT2D eigenvalue weighted by atomic mass is 10.0. The van der Waals surface area contributed by atoms with Crippen LogP contribution in [0, 0.1) is 0 Å². The number of nitrogens with zero attached hydrogens (tertiary/aromatic N) is 1. The van der Waals surface area contributed by atoms with E-state index in [0.29, 0.717) is 11.4 Å². The number of carbonyl (C=O) groups excluding carboxylic acids is 1. The maximum Gasteiger partial charge on any atom is 0.241 e. The van der Waals surface area contributed by atoms with E-state index >= 15 is 0 Å². The first-order valence-electron chi connectivity index (χ1n) is 8.48. The fourth-order valence-electron chi connectivity index (χ4n) is 2.60. The lowest BCUT2D eigenvalue weighted by Gasteiger charge is -2.19. The Balaban J connectivity index is 1.81. The summed E-state index contributed by atoms with van der Waals surface area (Å²) in [5, 5.41) is 2.68. The van der Waals surface area contributed by atoms with Crippen molar-refractivity contribution in [1.82, 2.24) is 9.71 Å². The number of carbonyl (C=O) groups is 1. The number of pyridine rings is 1. The number of sulfonamides is 1. The maximum atomic E-state index is 12.8. The highest BCUT2D eigenvalue weighted by atomic mass is 79.9. The summed E-state index contributed by atoms with van der Waals surface area (Å²) in [7, 11) is -3.81. The summed E-state index contributed by atoms with van der Waals surface area (Å²) in [4.78, 5) is 16.7. The van der Waals surface area contributed by atoms with Crippen molar-refractivity contribution >= 4 is 37.7 Å². The highest BCUT2D eigenvalue weighted by molar-refractivity contribution is 9.10. The van der Waals surface area contributed by atoms with E-state index in [0.717, 1.165) is 4.47 Å². The Labute approximate surface area is 172 Å². The minimum absolute atomic E-state index is 0.0731. The van der Waals surface area contributed by atoms with Crippen molar-refractivity contribution in [2.45, 2.75) is 17.4 Å². The largest absolute Gasteiger partial charge is 0.311 e. The second-order valence-electron chi connectivity index (χ2n) is 6.01. The average molecular weight is 460 g/mol. The van der Waals surface area contributed by atoms with Crippen LogP contribution in [0.5, 0.6) is 0 Å². The molecule has 1 aromatic heterocycles. The summed E-state index contributed by atoms with van der Waals surface area (Å²) >= 11 is 3.29. The molecule has 144 valence electrons. The highest BCUT2D eigenvalue weighted by Crippen LogP contribution is 2.22. The van der Waals surface area contributed by atoms with E-state index in [1.807, 2.05) is 6.07 Å². The summed E-state index contributed by atoms with van der Waals surface area (Å²) in [6.07, 6.45) is 1.50. The molecule has 3 aromatic rings. The van der Waals surface area contributed by atoms with E-state index in [9.17, 15) is 13.2 Å². The molecule has 1 amide bonds. The fourth-order valence-corrected chi connectivity index (χ4v) is 4.09. The van der Waals surface area contributed by atoms with Crippen LogP contribution in [0.15, 0.2) is 88.4 Å². The first kappa shape index (κ1) is 20.2. The van der Waals surface area contributed by atoms with Gasteiger partial charge in [-0.15, -0.1) is 0 Å². The Hall–Kier alpha value is -2.55. The lowest BCUT2D eigenvalue weighted by Crippen LogP contribution is -2.31. The van der Waals surface area contributed by atoms with Crippen LogP contribution in [0.4, 0.5) is 5.82 Å². The predicted molar refractivity (Wildman–Crippen MR) is 111 cm³/mol. The molecule has 2 aromatic carbocycles. The van der Waals surface area contributed by atoms with E-state index < -0.39 is 16.1 Å². The molecule has 1 unspecified atom stereocenters. The minimum atomic E-state index is -3.81. The number of rotatable bonds is 7. The number of benzene rings is 2. The van der Waals surface area contributed by atoms with Gasteiger partial charge in [-0.2, -0.15) is 0 Å². The first-order valence-corrected chi connectivity index (χ1v) is 10.8. The number of hydrogen-bond acceptors (Lipinski definition) is 4. The molecule has 28 heavy (non-hydrogen) atoms. The predicted octanol–water partition coefficient (Wildman–Crippen LogP) is 3.89. The Morgan fingerprint density at radius 1 is 0.964 bits per heavy atom. The van der Waals surface area contributed by atoms with Gasteiger partial charge in [0.15, 0.2) is 0 Å². The van der Waals surface area contributed by atoms with E-state index in [4.69, 9.17) is 0 Å². The second-order valence-corrected chi connectivity index (χ2v) is 8.64. The zero-order valence-electron chi connectivity index (χ0n) is 14.7. The molecule has 2 N–H and O–H groups in total. The third-order valence-electron chi connectivity index (χ3n) is 3.95. The van der Waals surface area contributed by atoms with E-state index in [2.05, 4.69) is 31.0 Å². The molecule has 6 nitrogen and oxygen atoms in total. The molecule has 0 aliphatic heterocycles. The number of hydrogen-bond donors (Lipinski definition) is 2. The van der Waals surface area contributed by atoms with Gasteiger partial charge in [0.25, 0.3) is 0 Å². The minimum Gasteiger partial charge on any atom is -0.311 e. The Bertz CT molecular complexity index is 1030. The van der Waals surface area contributed by atoms with Crippen LogP contribution in [-0.2, 0) is 14.8 Å². The number of halogens is 1. The lowest BCUT2D eigenvalue weighted by molar-refractivity contribution is -0.116. The van der Waals surface area contributed by atoms with Crippen molar-refractivity contribution < 1.29 is 13.2 Å². The van der Waals surface area contributed by atoms with Gasteiger partial charge in [0.05, 0.1) is 10.9 Å². The normalized spacial score (nSPS) is 12.3. The topological polar surface area (TPSA) is 88.2 Å². The van der Waals surface area contributed by atoms with Gasteiger partial charge in [0.1, 0.15) is 5.82 Å². The van der Waals surface area contributed by atoms with Crippen molar-refractivity contribution in [3.63, 3.8) is 0 Å². The summed E-state index contributed by atoms with van der Waals surface area (Å²) in [5.74, 6) is 0.0705. The molecular weight excluding hydrogens is 442 g/mol. The van der Waals surface area contributed by atoms with Gasteiger partial charge in [-0.25, -0.2) is 18.1 Å². The van der Waals surface area contributed by atoms with Gasteiger partial charge in [0, 0.05) is 17.1 Å². The number of aromatic nitrogens is 1. The smallest absolute Gasteiger partial charge is 0.241 e. The van der Waals surface area contributed by atoms with Crippen LogP contribution in [0.2, 0.25) is 0 Å². The highest BCUT2D eigenvalue weighted by Gasteiger charge is 2.24. The molecule has 0 radical (unpaired) electrons. The summed E-state index contributed by atoms with van der Waals surface area (Å²) < 4.78 is 29.0. The third-order valence-corrected chi connectivity index (χ3v) is 5.96. The number of nitrogens with one attached hydrogen (secondary N) is 2. The monoisotopic (exact) mass is 459 g/mol. The molecule has 0 saturated heterocycles. The van der Waals surface area contributed by atoms with Gasteiger partial charge < -0.3 is 5.32 Å². The van der Waals surface area contributed by atoms with Crippen molar-refractivity contribution in [3.05, 3.63) is 89.0 Å². The zero-order chi connectivity index (χ0) is 20.0. The first-order chi connectivity index (χ1) is 13.4. The molecule has 8 heteroatoms.